The predicted octanol–water partition coefficient (Wildman–Crippen LogP) is 3.74. The maximum atomic E-state index is 4.34. The Morgan fingerprint density at radius 2 is 2.07 bits per heavy atom. The molecular formula is C11H7NS2. The Morgan fingerprint density at radius 3 is 3.00 bits per heavy atom. The fourth-order valence-electron chi connectivity index (χ4n) is 1.60. The van der Waals surface area contributed by atoms with Gasteiger partial charge in [0.2, 0.25) is 0 Å². The molecule has 3 heteroatoms. The second-order valence-electron chi connectivity index (χ2n) is 3.14. The van der Waals surface area contributed by atoms with Gasteiger partial charge in [-0.2, -0.15) is 0 Å². The summed E-state index contributed by atoms with van der Waals surface area (Å²) >= 11 is 6.04. The minimum atomic E-state index is 1.00. The lowest BCUT2D eigenvalue weighted by Gasteiger charge is -1.91. The number of thiol groups is 1. The number of thiophene rings is 1. The van der Waals surface area contributed by atoms with Crippen LogP contribution in [0.15, 0.2) is 41.4 Å². The van der Waals surface area contributed by atoms with Crippen LogP contribution in [0.2, 0.25) is 0 Å². The lowest BCUT2D eigenvalue weighted by molar-refractivity contribution is 1.45. The quantitative estimate of drug-likeness (QED) is 0.566. The molecular weight excluding hydrogens is 210 g/mol. The third kappa shape index (κ3) is 1.13. The molecule has 68 valence electrons. The summed E-state index contributed by atoms with van der Waals surface area (Å²) in [4.78, 5) is 6.44. The van der Waals surface area contributed by atoms with E-state index in [1.165, 1.54) is 15.5 Å². The summed E-state index contributed by atoms with van der Waals surface area (Å²) in [6, 6.07) is 10.3. The van der Waals surface area contributed by atoms with Crippen molar-refractivity contribution in [2.75, 3.05) is 0 Å². The lowest BCUT2D eigenvalue weighted by Crippen LogP contribution is -1.68. The van der Waals surface area contributed by atoms with Crippen LogP contribution in [0.25, 0.3) is 20.3 Å². The van der Waals surface area contributed by atoms with Crippen molar-refractivity contribution in [2.45, 2.75) is 4.90 Å². The van der Waals surface area contributed by atoms with Crippen molar-refractivity contribution < 1.29 is 0 Å². The molecule has 0 amide bonds. The average molecular weight is 217 g/mol. The first-order valence-corrected chi connectivity index (χ1v) is 5.57. The third-order valence-corrected chi connectivity index (χ3v) is 3.59. The van der Waals surface area contributed by atoms with E-state index in [1.807, 2.05) is 18.3 Å². The molecule has 0 aliphatic heterocycles. The highest BCUT2D eigenvalue weighted by Gasteiger charge is 2.04. The lowest BCUT2D eigenvalue weighted by atomic mass is 10.2. The molecule has 0 N–H and O–H groups in total. The number of benzene rings is 1. The molecule has 1 nitrogen and oxygen atoms in total. The molecule has 0 bridgehead atoms. The number of aromatic nitrogens is 1. The van der Waals surface area contributed by atoms with Crippen molar-refractivity contribution in [2.24, 2.45) is 0 Å². The highest BCUT2D eigenvalue weighted by molar-refractivity contribution is 7.80. The maximum Gasteiger partial charge on any atom is 0.124 e. The van der Waals surface area contributed by atoms with E-state index >= 15 is 0 Å². The van der Waals surface area contributed by atoms with E-state index in [9.17, 15) is 0 Å². The van der Waals surface area contributed by atoms with E-state index in [4.69, 9.17) is 0 Å². The van der Waals surface area contributed by atoms with Gasteiger partial charge in [0.1, 0.15) is 4.83 Å². The van der Waals surface area contributed by atoms with E-state index in [1.54, 1.807) is 11.3 Å². The first-order valence-electron chi connectivity index (χ1n) is 4.31. The molecule has 1 aromatic carbocycles. The van der Waals surface area contributed by atoms with Crippen LogP contribution in [0, 0.1) is 0 Å². The fourth-order valence-corrected chi connectivity index (χ4v) is 2.97. The van der Waals surface area contributed by atoms with Gasteiger partial charge in [-0.15, -0.1) is 24.0 Å². The molecule has 0 saturated heterocycles. The molecule has 2 aromatic heterocycles. The van der Waals surface area contributed by atoms with Gasteiger partial charge in [-0.05, 0) is 24.3 Å². The van der Waals surface area contributed by atoms with Crippen LogP contribution in [0.4, 0.5) is 0 Å². The fraction of sp³-hybridized carbons (Fsp3) is 0. The van der Waals surface area contributed by atoms with Crippen LogP contribution in [0.5, 0.6) is 0 Å². The standard InChI is InChI=1S/C11H7NS2/c13-7-3-4-8-9-2-1-5-12-11(9)14-10(8)6-7/h1-6,13H. The smallest absolute Gasteiger partial charge is 0.124 e. The molecule has 0 radical (unpaired) electrons. The van der Waals surface area contributed by atoms with Crippen LogP contribution in [0.3, 0.4) is 0 Å². The molecule has 14 heavy (non-hydrogen) atoms. The van der Waals surface area contributed by atoms with E-state index in [-0.39, 0.29) is 0 Å². The Balaban J connectivity index is 2.57. The summed E-state index contributed by atoms with van der Waals surface area (Å²) < 4.78 is 1.26. The van der Waals surface area contributed by atoms with E-state index in [2.05, 4.69) is 35.8 Å². The largest absolute Gasteiger partial charge is 0.245 e. The molecule has 0 saturated carbocycles. The van der Waals surface area contributed by atoms with Crippen LogP contribution in [-0.4, -0.2) is 4.98 Å². The first-order chi connectivity index (χ1) is 6.84. The summed E-state index contributed by atoms with van der Waals surface area (Å²) in [7, 11) is 0. The minimum absolute atomic E-state index is 1.00. The Morgan fingerprint density at radius 1 is 1.14 bits per heavy atom. The van der Waals surface area contributed by atoms with E-state index in [0.717, 1.165) is 9.73 Å². The van der Waals surface area contributed by atoms with Gasteiger partial charge in [-0.3, -0.25) is 0 Å². The SMILES string of the molecule is Sc1ccc2c(c1)sc1ncccc12. The summed E-state index contributed by atoms with van der Waals surface area (Å²) in [5.74, 6) is 0. The first kappa shape index (κ1) is 8.26. The monoisotopic (exact) mass is 217 g/mol. The summed E-state index contributed by atoms with van der Waals surface area (Å²) in [5.41, 5.74) is 0. The van der Waals surface area contributed by atoms with Crippen LogP contribution < -0.4 is 0 Å². The van der Waals surface area contributed by atoms with Crippen molar-refractivity contribution in [1.82, 2.24) is 4.98 Å². The van der Waals surface area contributed by atoms with Gasteiger partial charge in [0, 0.05) is 26.6 Å². The number of fused-ring (bicyclic) bond motifs is 3. The molecule has 3 aromatic rings. The maximum absolute atomic E-state index is 4.34. The van der Waals surface area contributed by atoms with Crippen molar-refractivity contribution in [1.29, 1.82) is 0 Å². The Bertz CT molecular complexity index is 613. The Labute approximate surface area is 90.8 Å². The zero-order valence-electron chi connectivity index (χ0n) is 7.27. The number of hydrogen-bond acceptors (Lipinski definition) is 3. The van der Waals surface area contributed by atoms with Gasteiger partial charge in [-0.1, -0.05) is 6.07 Å². The number of pyridine rings is 1. The van der Waals surface area contributed by atoms with E-state index in [0.29, 0.717) is 0 Å². The van der Waals surface area contributed by atoms with E-state index < -0.39 is 0 Å². The second-order valence-corrected chi connectivity index (χ2v) is 4.69. The molecule has 0 unspecified atom stereocenters. The summed E-state index contributed by atoms with van der Waals surface area (Å²) in [6.45, 7) is 0. The van der Waals surface area contributed by atoms with Gasteiger partial charge in [0.15, 0.2) is 0 Å². The van der Waals surface area contributed by atoms with Crippen LogP contribution in [0.1, 0.15) is 0 Å². The summed E-state index contributed by atoms with van der Waals surface area (Å²) in [6.07, 6.45) is 1.83. The topological polar surface area (TPSA) is 12.9 Å². The van der Waals surface area contributed by atoms with Crippen LogP contribution in [-0.2, 0) is 0 Å². The van der Waals surface area contributed by atoms with Crippen molar-refractivity contribution in [3.05, 3.63) is 36.5 Å². The highest BCUT2D eigenvalue weighted by atomic mass is 32.1. The zero-order valence-corrected chi connectivity index (χ0v) is 8.98. The molecule has 0 aliphatic rings. The van der Waals surface area contributed by atoms with Gasteiger partial charge in [0.25, 0.3) is 0 Å². The normalized spacial score (nSPS) is 11.2. The zero-order chi connectivity index (χ0) is 9.54. The second kappa shape index (κ2) is 2.97. The van der Waals surface area contributed by atoms with Crippen LogP contribution >= 0.6 is 24.0 Å². The van der Waals surface area contributed by atoms with Crippen molar-refractivity contribution in [3.8, 4) is 0 Å². The predicted molar refractivity (Wildman–Crippen MR) is 64.4 cm³/mol. The van der Waals surface area contributed by atoms with Gasteiger partial charge < -0.3 is 0 Å². The van der Waals surface area contributed by atoms with Gasteiger partial charge >= 0.3 is 0 Å². The van der Waals surface area contributed by atoms with Crippen molar-refractivity contribution >= 4 is 44.3 Å². The number of hydrogen-bond donors (Lipinski definition) is 1. The Hall–Kier alpha value is -1.06. The minimum Gasteiger partial charge on any atom is -0.245 e. The number of rotatable bonds is 0. The van der Waals surface area contributed by atoms with Gasteiger partial charge in [-0.25, -0.2) is 4.98 Å². The molecule has 0 spiro atoms. The molecule has 0 aliphatic carbocycles. The number of nitrogens with zero attached hydrogens (tertiary/aromatic N) is 1. The Kier molecular flexibility index (Phi) is 1.75. The van der Waals surface area contributed by atoms with Gasteiger partial charge in [0.05, 0.1) is 0 Å². The third-order valence-electron chi connectivity index (χ3n) is 2.23. The summed E-state index contributed by atoms with van der Waals surface area (Å²) in [5, 5.41) is 2.51. The average Bonchev–Trinajstić information content (AvgIpc) is 2.54. The molecule has 3 rings (SSSR count). The molecule has 0 atom stereocenters. The molecule has 2 heterocycles. The highest BCUT2D eigenvalue weighted by Crippen LogP contribution is 2.33. The molecule has 0 fully saturated rings. The van der Waals surface area contributed by atoms with Crippen molar-refractivity contribution in [3.63, 3.8) is 0 Å².